The summed E-state index contributed by atoms with van der Waals surface area (Å²) in [5.41, 5.74) is 0. The third-order valence-corrected chi connectivity index (χ3v) is 2.67. The van der Waals surface area contributed by atoms with Gasteiger partial charge in [-0.1, -0.05) is 6.92 Å². The van der Waals surface area contributed by atoms with Gasteiger partial charge in [0.05, 0.1) is 5.92 Å². The Hall–Kier alpha value is -1.01. The molecule has 3 atom stereocenters. The molecule has 0 aliphatic carbocycles. The molecule has 0 radical (unpaired) electrons. The normalized spacial score (nSPS) is 28.1. The van der Waals surface area contributed by atoms with E-state index in [2.05, 4.69) is 23.5 Å². The van der Waals surface area contributed by atoms with Crippen molar-refractivity contribution in [2.24, 2.45) is 11.8 Å². The molecule has 0 spiro atoms. The van der Waals surface area contributed by atoms with Gasteiger partial charge in [0.15, 0.2) is 0 Å². The van der Waals surface area contributed by atoms with E-state index < -0.39 is 0 Å². The van der Waals surface area contributed by atoms with Crippen LogP contribution < -0.4 is 10.6 Å². The molecular weight excluding hydrogens is 176 g/mol. The van der Waals surface area contributed by atoms with Crippen LogP contribution >= 0.6 is 0 Å². The van der Waals surface area contributed by atoms with Crippen molar-refractivity contribution >= 4 is 5.91 Å². The molecule has 14 heavy (non-hydrogen) atoms. The molecule has 78 valence electrons. The molecule has 1 saturated heterocycles. The van der Waals surface area contributed by atoms with Gasteiger partial charge in [-0.05, 0) is 19.4 Å². The lowest BCUT2D eigenvalue weighted by atomic mass is 9.97. The number of hydrogen-bond acceptors (Lipinski definition) is 2. The molecule has 1 aliphatic heterocycles. The van der Waals surface area contributed by atoms with Crippen molar-refractivity contribution < 1.29 is 4.79 Å². The average Bonchev–Trinajstić information content (AvgIpc) is 2.51. The first kappa shape index (κ1) is 11.1. The molecule has 0 aromatic carbocycles. The van der Waals surface area contributed by atoms with Crippen LogP contribution in [0.1, 0.15) is 20.3 Å². The smallest absolute Gasteiger partial charge is 0.224 e. The van der Waals surface area contributed by atoms with Crippen LogP contribution in [0.4, 0.5) is 0 Å². The molecule has 0 saturated carbocycles. The second kappa shape index (κ2) is 5.02. The molecule has 1 unspecified atom stereocenters. The number of amides is 1. The van der Waals surface area contributed by atoms with Gasteiger partial charge in [0.2, 0.25) is 5.91 Å². The predicted molar refractivity (Wildman–Crippen MR) is 56.6 cm³/mol. The SMILES string of the molecule is C#CCC(C)NC(=O)[C@@H]1CNC[C@H]1C. The summed E-state index contributed by atoms with van der Waals surface area (Å²) in [5, 5.41) is 6.14. The highest BCUT2D eigenvalue weighted by molar-refractivity contribution is 5.79. The van der Waals surface area contributed by atoms with Gasteiger partial charge in [0.25, 0.3) is 0 Å². The van der Waals surface area contributed by atoms with Gasteiger partial charge in [0, 0.05) is 19.0 Å². The van der Waals surface area contributed by atoms with Crippen molar-refractivity contribution in [3.63, 3.8) is 0 Å². The monoisotopic (exact) mass is 194 g/mol. The summed E-state index contributed by atoms with van der Waals surface area (Å²) in [6.07, 6.45) is 5.77. The van der Waals surface area contributed by atoms with Gasteiger partial charge in [-0.2, -0.15) is 0 Å². The van der Waals surface area contributed by atoms with Crippen LogP contribution in [0.15, 0.2) is 0 Å². The van der Waals surface area contributed by atoms with E-state index in [1.165, 1.54) is 0 Å². The van der Waals surface area contributed by atoms with Crippen LogP contribution in [0.3, 0.4) is 0 Å². The fourth-order valence-electron chi connectivity index (χ4n) is 1.74. The van der Waals surface area contributed by atoms with Crippen LogP contribution in [-0.2, 0) is 4.79 Å². The second-order valence-electron chi connectivity index (χ2n) is 4.06. The minimum absolute atomic E-state index is 0.0836. The van der Waals surface area contributed by atoms with Crippen LogP contribution in [0, 0.1) is 24.2 Å². The Morgan fingerprint density at radius 3 is 2.93 bits per heavy atom. The van der Waals surface area contributed by atoms with Gasteiger partial charge in [-0.3, -0.25) is 4.79 Å². The summed E-state index contributed by atoms with van der Waals surface area (Å²) in [6.45, 7) is 5.75. The first-order valence-electron chi connectivity index (χ1n) is 5.09. The zero-order chi connectivity index (χ0) is 10.6. The van der Waals surface area contributed by atoms with Crippen LogP contribution in [0.5, 0.6) is 0 Å². The topological polar surface area (TPSA) is 41.1 Å². The molecule has 2 N–H and O–H groups in total. The molecule has 0 bridgehead atoms. The van der Waals surface area contributed by atoms with Crippen molar-refractivity contribution in [2.75, 3.05) is 13.1 Å². The minimum atomic E-state index is 0.0836. The minimum Gasteiger partial charge on any atom is -0.352 e. The van der Waals surface area contributed by atoms with E-state index in [0.29, 0.717) is 12.3 Å². The number of carbonyl (C=O) groups excluding carboxylic acids is 1. The van der Waals surface area contributed by atoms with Gasteiger partial charge < -0.3 is 10.6 Å². The zero-order valence-electron chi connectivity index (χ0n) is 8.84. The lowest BCUT2D eigenvalue weighted by molar-refractivity contribution is -0.125. The number of carbonyl (C=O) groups is 1. The fraction of sp³-hybridized carbons (Fsp3) is 0.727. The molecule has 3 heteroatoms. The highest BCUT2D eigenvalue weighted by atomic mass is 16.2. The summed E-state index contributed by atoms with van der Waals surface area (Å²) in [7, 11) is 0. The third kappa shape index (κ3) is 2.74. The quantitative estimate of drug-likeness (QED) is 0.637. The molecule has 0 aromatic heterocycles. The number of terminal acetylenes is 1. The lowest BCUT2D eigenvalue weighted by Crippen LogP contribution is -2.39. The Balaban J connectivity index is 2.38. The maximum absolute atomic E-state index is 11.7. The van der Waals surface area contributed by atoms with Crippen molar-refractivity contribution in [3.8, 4) is 12.3 Å². The molecular formula is C11H18N2O. The maximum atomic E-state index is 11.7. The van der Waals surface area contributed by atoms with E-state index in [1.807, 2.05) is 6.92 Å². The van der Waals surface area contributed by atoms with Gasteiger partial charge in [-0.25, -0.2) is 0 Å². The molecule has 1 amide bonds. The summed E-state index contributed by atoms with van der Waals surface area (Å²) < 4.78 is 0. The van der Waals surface area contributed by atoms with Crippen LogP contribution in [0.2, 0.25) is 0 Å². The second-order valence-corrected chi connectivity index (χ2v) is 4.06. The largest absolute Gasteiger partial charge is 0.352 e. The molecule has 3 nitrogen and oxygen atoms in total. The molecule has 1 fully saturated rings. The van der Waals surface area contributed by atoms with Crippen molar-refractivity contribution in [1.82, 2.24) is 10.6 Å². The summed E-state index contributed by atoms with van der Waals surface area (Å²) in [4.78, 5) is 11.7. The zero-order valence-corrected chi connectivity index (χ0v) is 8.84. The summed E-state index contributed by atoms with van der Waals surface area (Å²) in [5.74, 6) is 3.20. The van der Waals surface area contributed by atoms with E-state index >= 15 is 0 Å². The highest BCUT2D eigenvalue weighted by Gasteiger charge is 2.29. The van der Waals surface area contributed by atoms with E-state index in [-0.39, 0.29) is 17.9 Å². The van der Waals surface area contributed by atoms with Crippen molar-refractivity contribution in [1.29, 1.82) is 0 Å². The van der Waals surface area contributed by atoms with Crippen LogP contribution in [0.25, 0.3) is 0 Å². The standard InChI is InChI=1S/C11H18N2O/c1-4-5-9(3)13-11(14)10-7-12-6-8(10)2/h1,8-10,12H,5-7H2,2-3H3,(H,13,14)/t8-,9?,10-/m1/s1. The highest BCUT2D eigenvalue weighted by Crippen LogP contribution is 2.15. The van der Waals surface area contributed by atoms with Gasteiger partial charge in [0.1, 0.15) is 0 Å². The summed E-state index contributed by atoms with van der Waals surface area (Å²) >= 11 is 0. The predicted octanol–water partition coefficient (Wildman–Crippen LogP) is 0.370. The van der Waals surface area contributed by atoms with Crippen molar-refractivity contribution in [3.05, 3.63) is 0 Å². The van der Waals surface area contributed by atoms with Gasteiger partial charge in [-0.15, -0.1) is 12.3 Å². The molecule has 1 aliphatic rings. The Morgan fingerprint density at radius 1 is 1.71 bits per heavy atom. The van der Waals surface area contributed by atoms with Crippen molar-refractivity contribution in [2.45, 2.75) is 26.3 Å². The van der Waals surface area contributed by atoms with E-state index in [1.54, 1.807) is 0 Å². The third-order valence-electron chi connectivity index (χ3n) is 2.67. The maximum Gasteiger partial charge on any atom is 0.224 e. The number of rotatable bonds is 3. The first-order chi connectivity index (χ1) is 6.65. The van der Waals surface area contributed by atoms with E-state index in [0.717, 1.165) is 13.1 Å². The molecule has 1 rings (SSSR count). The molecule has 1 heterocycles. The van der Waals surface area contributed by atoms with E-state index in [9.17, 15) is 4.79 Å². The Bertz CT molecular complexity index is 244. The average molecular weight is 194 g/mol. The molecule has 0 aromatic rings. The van der Waals surface area contributed by atoms with E-state index in [4.69, 9.17) is 6.42 Å². The van der Waals surface area contributed by atoms with Crippen LogP contribution in [-0.4, -0.2) is 25.0 Å². The fourth-order valence-corrected chi connectivity index (χ4v) is 1.74. The first-order valence-corrected chi connectivity index (χ1v) is 5.09. The number of hydrogen-bond donors (Lipinski definition) is 2. The lowest BCUT2D eigenvalue weighted by Gasteiger charge is -2.17. The Labute approximate surface area is 85.6 Å². The number of nitrogens with one attached hydrogen (secondary N) is 2. The van der Waals surface area contributed by atoms with Gasteiger partial charge >= 0.3 is 0 Å². The Morgan fingerprint density at radius 2 is 2.43 bits per heavy atom. The summed E-state index contributed by atoms with van der Waals surface area (Å²) in [6, 6.07) is 0.0836. The Kier molecular flexibility index (Phi) is 3.97.